The van der Waals surface area contributed by atoms with E-state index in [4.69, 9.17) is 14.6 Å². The first kappa shape index (κ1) is 9.22. The maximum absolute atomic E-state index is 8.79. The molecule has 0 saturated carbocycles. The van der Waals surface area contributed by atoms with Gasteiger partial charge >= 0.3 is 0 Å². The molecule has 0 aliphatic rings. The van der Waals surface area contributed by atoms with Gasteiger partial charge in [-0.3, -0.25) is 0 Å². The first-order valence-corrected chi connectivity index (χ1v) is 3.94. The number of aliphatic hydroxyl groups is 2. The van der Waals surface area contributed by atoms with Crippen LogP contribution in [0.3, 0.4) is 0 Å². The molecule has 68 valence electrons. The van der Waals surface area contributed by atoms with Crippen molar-refractivity contribution in [2.24, 2.45) is 0 Å². The lowest BCUT2D eigenvalue weighted by molar-refractivity contribution is 0.250. The van der Waals surface area contributed by atoms with Crippen LogP contribution >= 0.6 is 0 Å². The molecule has 0 fully saturated rings. The minimum absolute atomic E-state index is 0.0232. The Hall–Kier alpha value is -0.870. The zero-order valence-corrected chi connectivity index (χ0v) is 7.03. The second kappa shape index (κ2) is 4.23. The molecule has 1 aromatic heterocycles. The topological polar surface area (TPSA) is 66.5 Å². The third kappa shape index (κ3) is 2.06. The smallest absolute Gasteiger partial charge is 0.196 e. The Bertz CT molecular complexity index is 234. The van der Waals surface area contributed by atoms with Crippen molar-refractivity contribution >= 4 is 0 Å². The third-order valence-electron chi connectivity index (χ3n) is 1.66. The summed E-state index contributed by atoms with van der Waals surface area (Å²) in [5.41, 5.74) is 0. The monoisotopic (exact) mass is 171 g/mol. The molecule has 2 N–H and O–H groups in total. The highest BCUT2D eigenvalue weighted by molar-refractivity contribution is 5.00. The van der Waals surface area contributed by atoms with Gasteiger partial charge in [0.15, 0.2) is 5.89 Å². The van der Waals surface area contributed by atoms with Gasteiger partial charge in [-0.05, 0) is 0 Å². The van der Waals surface area contributed by atoms with E-state index in [9.17, 15) is 0 Å². The standard InChI is InChI=1S/C8H13NO3/c1-6(5-11)7-4-9-8(12-7)2-3-10/h4,6,10-11H,2-3,5H2,1H3. The summed E-state index contributed by atoms with van der Waals surface area (Å²) in [6.07, 6.45) is 2.02. The van der Waals surface area contributed by atoms with E-state index in [0.29, 0.717) is 18.1 Å². The van der Waals surface area contributed by atoms with E-state index in [0.717, 1.165) is 0 Å². The molecule has 0 aromatic carbocycles. The molecule has 0 aliphatic heterocycles. The van der Waals surface area contributed by atoms with Gasteiger partial charge in [-0.1, -0.05) is 6.92 Å². The van der Waals surface area contributed by atoms with Gasteiger partial charge in [0.25, 0.3) is 0 Å². The number of hydrogen-bond acceptors (Lipinski definition) is 4. The van der Waals surface area contributed by atoms with Gasteiger partial charge in [0.2, 0.25) is 0 Å². The third-order valence-corrected chi connectivity index (χ3v) is 1.66. The van der Waals surface area contributed by atoms with Crippen LogP contribution in [-0.2, 0) is 6.42 Å². The van der Waals surface area contributed by atoms with E-state index in [1.54, 1.807) is 6.20 Å². The fraction of sp³-hybridized carbons (Fsp3) is 0.625. The van der Waals surface area contributed by atoms with E-state index in [-0.39, 0.29) is 19.1 Å². The zero-order valence-electron chi connectivity index (χ0n) is 7.03. The number of oxazole rings is 1. The molecule has 12 heavy (non-hydrogen) atoms. The van der Waals surface area contributed by atoms with E-state index >= 15 is 0 Å². The zero-order chi connectivity index (χ0) is 8.97. The summed E-state index contributed by atoms with van der Waals surface area (Å²) in [6, 6.07) is 0. The molecule has 1 heterocycles. The SMILES string of the molecule is CC(CO)c1cnc(CCO)o1. The lowest BCUT2D eigenvalue weighted by Gasteiger charge is -2.00. The number of aliphatic hydroxyl groups excluding tert-OH is 2. The average molecular weight is 171 g/mol. The Labute approximate surface area is 70.9 Å². The maximum Gasteiger partial charge on any atom is 0.196 e. The lowest BCUT2D eigenvalue weighted by atomic mass is 10.1. The highest BCUT2D eigenvalue weighted by Gasteiger charge is 2.09. The molecule has 0 bridgehead atoms. The van der Waals surface area contributed by atoms with E-state index in [1.807, 2.05) is 6.92 Å². The molecule has 1 rings (SSSR count). The normalized spacial score (nSPS) is 13.2. The molecular weight excluding hydrogens is 158 g/mol. The van der Waals surface area contributed by atoms with Crippen LogP contribution in [0.15, 0.2) is 10.6 Å². The summed E-state index contributed by atoms with van der Waals surface area (Å²) in [7, 11) is 0. The second-order valence-electron chi connectivity index (χ2n) is 2.71. The molecule has 1 atom stereocenters. The van der Waals surface area contributed by atoms with Crippen molar-refractivity contribution in [3.63, 3.8) is 0 Å². The minimum atomic E-state index is -0.0232. The highest BCUT2D eigenvalue weighted by Crippen LogP contribution is 2.15. The number of nitrogens with zero attached hydrogens (tertiary/aromatic N) is 1. The van der Waals surface area contributed by atoms with Crippen LogP contribution in [-0.4, -0.2) is 28.4 Å². The molecule has 4 heteroatoms. The van der Waals surface area contributed by atoms with Gasteiger partial charge in [-0.2, -0.15) is 0 Å². The average Bonchev–Trinajstić information content (AvgIpc) is 2.52. The maximum atomic E-state index is 8.79. The van der Waals surface area contributed by atoms with Crippen molar-refractivity contribution in [2.75, 3.05) is 13.2 Å². The van der Waals surface area contributed by atoms with Crippen LogP contribution in [0.25, 0.3) is 0 Å². The summed E-state index contributed by atoms with van der Waals surface area (Å²) < 4.78 is 5.25. The Morgan fingerprint density at radius 1 is 1.58 bits per heavy atom. The van der Waals surface area contributed by atoms with Crippen molar-refractivity contribution in [2.45, 2.75) is 19.3 Å². The summed E-state index contributed by atoms with van der Waals surface area (Å²) in [5, 5.41) is 17.4. The van der Waals surface area contributed by atoms with Crippen molar-refractivity contribution in [3.8, 4) is 0 Å². The highest BCUT2D eigenvalue weighted by atomic mass is 16.4. The number of rotatable bonds is 4. The summed E-state index contributed by atoms with van der Waals surface area (Å²) in [4.78, 5) is 3.94. The van der Waals surface area contributed by atoms with Crippen LogP contribution < -0.4 is 0 Å². The Balaban J connectivity index is 2.63. The van der Waals surface area contributed by atoms with Crippen LogP contribution in [0.5, 0.6) is 0 Å². The minimum Gasteiger partial charge on any atom is -0.445 e. The fourth-order valence-corrected chi connectivity index (χ4v) is 0.853. The van der Waals surface area contributed by atoms with Gasteiger partial charge < -0.3 is 14.6 Å². The predicted molar refractivity (Wildman–Crippen MR) is 42.8 cm³/mol. The van der Waals surface area contributed by atoms with Crippen LogP contribution in [0.2, 0.25) is 0 Å². The van der Waals surface area contributed by atoms with Crippen molar-refractivity contribution in [3.05, 3.63) is 17.8 Å². The van der Waals surface area contributed by atoms with E-state index < -0.39 is 0 Å². The van der Waals surface area contributed by atoms with E-state index in [1.165, 1.54) is 0 Å². The Morgan fingerprint density at radius 2 is 2.33 bits per heavy atom. The molecular formula is C8H13NO3. The first-order chi connectivity index (χ1) is 5.77. The second-order valence-corrected chi connectivity index (χ2v) is 2.71. The van der Waals surface area contributed by atoms with Gasteiger partial charge in [0.05, 0.1) is 19.4 Å². The van der Waals surface area contributed by atoms with E-state index in [2.05, 4.69) is 4.98 Å². The number of aromatic nitrogens is 1. The quantitative estimate of drug-likeness (QED) is 0.684. The molecule has 4 nitrogen and oxygen atoms in total. The molecule has 0 aliphatic carbocycles. The Kier molecular flexibility index (Phi) is 3.25. The van der Waals surface area contributed by atoms with Gasteiger partial charge in [-0.25, -0.2) is 4.98 Å². The molecule has 0 amide bonds. The molecule has 1 unspecified atom stereocenters. The predicted octanol–water partition coefficient (Wildman–Crippen LogP) is 0.305. The van der Waals surface area contributed by atoms with Crippen LogP contribution in [0.1, 0.15) is 24.5 Å². The summed E-state index contributed by atoms with van der Waals surface area (Å²) in [6.45, 7) is 1.93. The van der Waals surface area contributed by atoms with Gasteiger partial charge in [0, 0.05) is 12.3 Å². The number of hydrogen-bond donors (Lipinski definition) is 2. The van der Waals surface area contributed by atoms with Crippen molar-refractivity contribution < 1.29 is 14.6 Å². The van der Waals surface area contributed by atoms with Crippen molar-refractivity contribution in [1.82, 2.24) is 4.98 Å². The molecule has 1 aromatic rings. The first-order valence-electron chi connectivity index (χ1n) is 3.94. The largest absolute Gasteiger partial charge is 0.445 e. The summed E-state index contributed by atoms with van der Waals surface area (Å²) >= 11 is 0. The fourth-order valence-electron chi connectivity index (χ4n) is 0.853. The molecule has 0 saturated heterocycles. The van der Waals surface area contributed by atoms with Crippen molar-refractivity contribution in [1.29, 1.82) is 0 Å². The van der Waals surface area contributed by atoms with Crippen LogP contribution in [0, 0.1) is 0 Å². The lowest BCUT2D eigenvalue weighted by Crippen LogP contribution is -1.96. The van der Waals surface area contributed by atoms with Crippen LogP contribution in [0.4, 0.5) is 0 Å². The molecule has 0 spiro atoms. The molecule has 0 radical (unpaired) electrons. The Morgan fingerprint density at radius 3 is 2.92 bits per heavy atom. The van der Waals surface area contributed by atoms with Gasteiger partial charge in [-0.15, -0.1) is 0 Å². The van der Waals surface area contributed by atoms with Gasteiger partial charge in [0.1, 0.15) is 5.76 Å². The summed E-state index contributed by atoms with van der Waals surface area (Å²) in [5.74, 6) is 1.17.